The van der Waals surface area contributed by atoms with Crippen LogP contribution in [-0.4, -0.2) is 36.5 Å². The summed E-state index contributed by atoms with van der Waals surface area (Å²) in [5, 5.41) is 6.49. The number of carbonyl (C=O) groups is 1. The van der Waals surface area contributed by atoms with Crippen molar-refractivity contribution in [3.05, 3.63) is 35.4 Å². The molecule has 4 nitrogen and oxygen atoms in total. The third-order valence-corrected chi connectivity index (χ3v) is 5.60. The molecule has 0 saturated carbocycles. The SMILES string of the molecule is CC1CCCCN1Cc1ccccc1CNC(=O)C1CCNCC1. The van der Waals surface area contributed by atoms with Crippen LogP contribution in [-0.2, 0) is 17.9 Å². The molecule has 0 aromatic heterocycles. The molecular weight excluding hydrogens is 298 g/mol. The second kappa shape index (κ2) is 8.63. The molecule has 1 aromatic rings. The zero-order chi connectivity index (χ0) is 16.8. The number of nitrogens with one attached hydrogen (secondary N) is 2. The average Bonchev–Trinajstić information content (AvgIpc) is 2.63. The molecule has 2 saturated heterocycles. The highest BCUT2D eigenvalue weighted by Crippen LogP contribution is 2.21. The van der Waals surface area contributed by atoms with Crippen LogP contribution >= 0.6 is 0 Å². The molecule has 0 spiro atoms. The normalized spacial score (nSPS) is 23.1. The zero-order valence-electron chi connectivity index (χ0n) is 14.9. The van der Waals surface area contributed by atoms with E-state index in [1.54, 1.807) is 0 Å². The van der Waals surface area contributed by atoms with Gasteiger partial charge in [0.05, 0.1) is 0 Å². The fraction of sp³-hybridized carbons (Fsp3) is 0.650. The van der Waals surface area contributed by atoms with Crippen LogP contribution < -0.4 is 10.6 Å². The van der Waals surface area contributed by atoms with E-state index in [0.29, 0.717) is 12.6 Å². The zero-order valence-corrected chi connectivity index (χ0v) is 14.9. The van der Waals surface area contributed by atoms with Crippen molar-refractivity contribution in [1.29, 1.82) is 0 Å². The maximum atomic E-state index is 12.4. The molecule has 0 bridgehead atoms. The second-order valence-corrected chi connectivity index (χ2v) is 7.33. The lowest BCUT2D eigenvalue weighted by Crippen LogP contribution is -2.38. The van der Waals surface area contributed by atoms with Crippen molar-refractivity contribution in [2.45, 2.75) is 58.2 Å². The molecule has 2 N–H and O–H groups in total. The van der Waals surface area contributed by atoms with E-state index >= 15 is 0 Å². The molecule has 2 heterocycles. The molecular formula is C20H31N3O. The van der Waals surface area contributed by atoms with Gasteiger partial charge in [0.15, 0.2) is 0 Å². The fourth-order valence-electron chi connectivity index (χ4n) is 3.91. The molecule has 3 rings (SSSR count). The first-order valence-corrected chi connectivity index (χ1v) is 9.53. The van der Waals surface area contributed by atoms with Crippen LogP contribution in [0.2, 0.25) is 0 Å². The topological polar surface area (TPSA) is 44.4 Å². The minimum Gasteiger partial charge on any atom is -0.352 e. The quantitative estimate of drug-likeness (QED) is 0.873. The van der Waals surface area contributed by atoms with Crippen LogP contribution in [0.1, 0.15) is 50.2 Å². The van der Waals surface area contributed by atoms with Gasteiger partial charge in [-0.3, -0.25) is 9.69 Å². The summed E-state index contributed by atoms with van der Waals surface area (Å²) in [6, 6.07) is 9.23. The summed E-state index contributed by atoms with van der Waals surface area (Å²) in [4.78, 5) is 15.0. The van der Waals surface area contributed by atoms with Gasteiger partial charge in [-0.2, -0.15) is 0 Å². The lowest BCUT2D eigenvalue weighted by Gasteiger charge is -2.33. The van der Waals surface area contributed by atoms with E-state index in [0.717, 1.165) is 32.5 Å². The highest BCUT2D eigenvalue weighted by atomic mass is 16.1. The van der Waals surface area contributed by atoms with Gasteiger partial charge in [-0.25, -0.2) is 0 Å². The molecule has 2 aliphatic heterocycles. The minimum atomic E-state index is 0.181. The number of hydrogen-bond acceptors (Lipinski definition) is 3. The monoisotopic (exact) mass is 329 g/mol. The molecule has 1 aromatic carbocycles. The highest BCUT2D eigenvalue weighted by Gasteiger charge is 2.22. The molecule has 24 heavy (non-hydrogen) atoms. The number of benzene rings is 1. The number of amides is 1. The van der Waals surface area contributed by atoms with Gasteiger partial charge in [0, 0.05) is 25.0 Å². The number of carbonyl (C=O) groups excluding carboxylic acids is 1. The molecule has 132 valence electrons. The van der Waals surface area contributed by atoms with E-state index in [2.05, 4.69) is 46.7 Å². The van der Waals surface area contributed by atoms with Gasteiger partial charge in [-0.1, -0.05) is 30.7 Å². The van der Waals surface area contributed by atoms with Crippen LogP contribution in [0, 0.1) is 5.92 Å². The summed E-state index contributed by atoms with van der Waals surface area (Å²) in [6.45, 7) is 7.10. The van der Waals surface area contributed by atoms with E-state index in [1.807, 2.05) is 0 Å². The maximum Gasteiger partial charge on any atom is 0.223 e. The van der Waals surface area contributed by atoms with Crippen molar-refractivity contribution in [3.63, 3.8) is 0 Å². The summed E-state index contributed by atoms with van der Waals surface area (Å²) in [6.07, 6.45) is 5.87. The van der Waals surface area contributed by atoms with Crippen LogP contribution in [0.15, 0.2) is 24.3 Å². The van der Waals surface area contributed by atoms with Crippen LogP contribution in [0.25, 0.3) is 0 Å². The molecule has 1 unspecified atom stereocenters. The average molecular weight is 329 g/mol. The van der Waals surface area contributed by atoms with Crippen molar-refractivity contribution in [2.24, 2.45) is 5.92 Å². The maximum absolute atomic E-state index is 12.4. The molecule has 0 radical (unpaired) electrons. The van der Waals surface area contributed by atoms with Crippen LogP contribution in [0.3, 0.4) is 0 Å². The fourth-order valence-corrected chi connectivity index (χ4v) is 3.91. The van der Waals surface area contributed by atoms with Gasteiger partial charge >= 0.3 is 0 Å². The van der Waals surface area contributed by atoms with E-state index in [9.17, 15) is 4.79 Å². The van der Waals surface area contributed by atoms with Crippen molar-refractivity contribution < 1.29 is 4.79 Å². The molecule has 4 heteroatoms. The number of nitrogens with zero attached hydrogens (tertiary/aromatic N) is 1. The van der Waals surface area contributed by atoms with Crippen LogP contribution in [0.4, 0.5) is 0 Å². The van der Waals surface area contributed by atoms with Crippen molar-refractivity contribution in [1.82, 2.24) is 15.5 Å². The Balaban J connectivity index is 1.58. The van der Waals surface area contributed by atoms with Crippen molar-refractivity contribution in [3.8, 4) is 0 Å². The third-order valence-electron chi connectivity index (χ3n) is 5.60. The molecule has 0 aliphatic carbocycles. The first-order valence-electron chi connectivity index (χ1n) is 9.53. The smallest absolute Gasteiger partial charge is 0.223 e. The van der Waals surface area contributed by atoms with E-state index in [4.69, 9.17) is 0 Å². The van der Waals surface area contributed by atoms with Crippen LogP contribution in [0.5, 0.6) is 0 Å². The standard InChI is InChI=1S/C20H31N3O/c1-16-6-4-5-13-23(16)15-19-8-3-2-7-18(19)14-22-20(24)17-9-11-21-12-10-17/h2-3,7-8,16-17,21H,4-6,9-15H2,1H3,(H,22,24). The number of hydrogen-bond donors (Lipinski definition) is 2. The Hall–Kier alpha value is -1.39. The van der Waals surface area contributed by atoms with Gasteiger partial charge in [0.2, 0.25) is 5.91 Å². The van der Waals surface area contributed by atoms with E-state index < -0.39 is 0 Å². The summed E-state index contributed by atoms with van der Waals surface area (Å²) >= 11 is 0. The summed E-state index contributed by atoms with van der Waals surface area (Å²) in [5.74, 6) is 0.401. The minimum absolute atomic E-state index is 0.181. The van der Waals surface area contributed by atoms with Gasteiger partial charge in [-0.05, 0) is 63.4 Å². The van der Waals surface area contributed by atoms with E-state index in [-0.39, 0.29) is 11.8 Å². The number of piperidine rings is 2. The van der Waals surface area contributed by atoms with Crippen molar-refractivity contribution >= 4 is 5.91 Å². The van der Waals surface area contributed by atoms with Crippen molar-refractivity contribution in [2.75, 3.05) is 19.6 Å². The Labute approximate surface area is 146 Å². The van der Waals surface area contributed by atoms with E-state index in [1.165, 1.54) is 36.9 Å². The lowest BCUT2D eigenvalue weighted by molar-refractivity contribution is -0.125. The Morgan fingerprint density at radius 3 is 2.67 bits per heavy atom. The predicted octanol–water partition coefficient (Wildman–Crippen LogP) is 2.68. The predicted molar refractivity (Wildman–Crippen MR) is 97.6 cm³/mol. The molecule has 2 fully saturated rings. The Morgan fingerprint density at radius 2 is 1.92 bits per heavy atom. The molecule has 2 aliphatic rings. The van der Waals surface area contributed by atoms with Gasteiger partial charge in [0.25, 0.3) is 0 Å². The first-order chi connectivity index (χ1) is 11.7. The van der Waals surface area contributed by atoms with Gasteiger partial charge < -0.3 is 10.6 Å². The molecule has 1 amide bonds. The molecule has 1 atom stereocenters. The number of rotatable bonds is 5. The van der Waals surface area contributed by atoms with Gasteiger partial charge in [0.1, 0.15) is 0 Å². The lowest BCUT2D eigenvalue weighted by atomic mass is 9.97. The first kappa shape index (κ1) is 17.4. The number of likely N-dealkylation sites (tertiary alicyclic amines) is 1. The third kappa shape index (κ3) is 4.58. The Kier molecular flexibility index (Phi) is 6.27. The summed E-state index contributed by atoms with van der Waals surface area (Å²) < 4.78 is 0. The van der Waals surface area contributed by atoms with Gasteiger partial charge in [-0.15, -0.1) is 0 Å². The Morgan fingerprint density at radius 1 is 1.17 bits per heavy atom. The second-order valence-electron chi connectivity index (χ2n) is 7.33. The summed E-state index contributed by atoms with van der Waals surface area (Å²) in [7, 11) is 0. The highest BCUT2D eigenvalue weighted by molar-refractivity contribution is 5.78. The Bertz CT molecular complexity index is 539. The largest absolute Gasteiger partial charge is 0.352 e. The summed E-state index contributed by atoms with van der Waals surface area (Å²) in [5.41, 5.74) is 2.62.